The topological polar surface area (TPSA) is 71.3 Å². The quantitative estimate of drug-likeness (QED) is 0.904. The number of aromatic nitrogens is 2. The van der Waals surface area contributed by atoms with Crippen LogP contribution in [0, 0.1) is 6.92 Å². The fourth-order valence-corrected chi connectivity index (χ4v) is 3.08. The van der Waals surface area contributed by atoms with Crippen LogP contribution in [0.3, 0.4) is 0 Å². The largest absolute Gasteiger partial charge is 0.349 e. The number of likely N-dealkylation sites (tertiary alicyclic amines) is 1. The van der Waals surface area contributed by atoms with Crippen molar-refractivity contribution in [1.29, 1.82) is 0 Å². The zero-order valence-corrected chi connectivity index (χ0v) is 15.2. The van der Waals surface area contributed by atoms with Gasteiger partial charge in [0.1, 0.15) is 0 Å². The third kappa shape index (κ3) is 4.45. The van der Waals surface area contributed by atoms with Crippen molar-refractivity contribution in [3.8, 4) is 0 Å². The molecule has 3 rings (SSSR count). The molecular formula is C19H26N4O2. The first-order valence-corrected chi connectivity index (χ1v) is 8.94. The van der Waals surface area contributed by atoms with E-state index in [0.29, 0.717) is 12.4 Å². The van der Waals surface area contributed by atoms with Gasteiger partial charge < -0.3 is 9.84 Å². The lowest BCUT2D eigenvalue weighted by atomic mass is 10.0. The number of piperidine rings is 1. The van der Waals surface area contributed by atoms with Crippen LogP contribution in [0.15, 0.2) is 28.8 Å². The van der Waals surface area contributed by atoms with Gasteiger partial charge in [-0.15, -0.1) is 0 Å². The van der Waals surface area contributed by atoms with Crippen molar-refractivity contribution in [3.63, 3.8) is 0 Å². The van der Waals surface area contributed by atoms with E-state index < -0.39 is 0 Å². The van der Waals surface area contributed by atoms with Crippen LogP contribution >= 0.6 is 0 Å². The van der Waals surface area contributed by atoms with E-state index in [4.69, 9.17) is 4.52 Å². The van der Waals surface area contributed by atoms with Gasteiger partial charge in [-0.05, 0) is 31.4 Å². The van der Waals surface area contributed by atoms with Gasteiger partial charge in [-0.3, -0.25) is 9.69 Å². The molecule has 0 spiro atoms. The van der Waals surface area contributed by atoms with Gasteiger partial charge in [0.15, 0.2) is 5.82 Å². The molecule has 25 heavy (non-hydrogen) atoms. The number of rotatable bonds is 5. The van der Waals surface area contributed by atoms with Crippen LogP contribution in [0.5, 0.6) is 0 Å². The van der Waals surface area contributed by atoms with Crippen molar-refractivity contribution in [3.05, 3.63) is 47.1 Å². The molecule has 134 valence electrons. The molecule has 1 aromatic carbocycles. The van der Waals surface area contributed by atoms with Crippen LogP contribution in [0.25, 0.3) is 0 Å². The van der Waals surface area contributed by atoms with Crippen molar-refractivity contribution in [2.45, 2.75) is 52.1 Å². The second-order valence-electron chi connectivity index (χ2n) is 7.04. The van der Waals surface area contributed by atoms with Crippen molar-refractivity contribution >= 4 is 5.91 Å². The molecule has 2 aromatic rings. The van der Waals surface area contributed by atoms with Gasteiger partial charge in [-0.2, -0.15) is 4.98 Å². The second-order valence-corrected chi connectivity index (χ2v) is 7.04. The van der Waals surface area contributed by atoms with Crippen LogP contribution in [0.2, 0.25) is 0 Å². The standard InChI is InChI=1S/C19H26N4O2/c1-13(2)18-21-17(25-22-18)12-23-10-8-15(9-11-23)20-19(24)16-7-5-4-6-14(16)3/h4-7,13,15H,8-12H2,1-3H3,(H,20,24). The average molecular weight is 342 g/mol. The van der Waals surface area contributed by atoms with Gasteiger partial charge in [-0.25, -0.2) is 0 Å². The van der Waals surface area contributed by atoms with E-state index in [1.54, 1.807) is 0 Å². The number of nitrogens with one attached hydrogen (secondary N) is 1. The third-order valence-electron chi connectivity index (χ3n) is 4.67. The lowest BCUT2D eigenvalue weighted by molar-refractivity contribution is 0.0904. The van der Waals surface area contributed by atoms with Gasteiger partial charge in [0, 0.05) is 30.6 Å². The highest BCUT2D eigenvalue weighted by molar-refractivity contribution is 5.95. The summed E-state index contributed by atoms with van der Waals surface area (Å²) in [7, 11) is 0. The summed E-state index contributed by atoms with van der Waals surface area (Å²) in [6.07, 6.45) is 1.87. The molecule has 1 N–H and O–H groups in total. The Morgan fingerprint density at radius 3 is 2.68 bits per heavy atom. The Morgan fingerprint density at radius 2 is 2.04 bits per heavy atom. The fourth-order valence-electron chi connectivity index (χ4n) is 3.08. The van der Waals surface area contributed by atoms with Gasteiger partial charge in [0.05, 0.1) is 6.54 Å². The van der Waals surface area contributed by atoms with Crippen molar-refractivity contribution in [1.82, 2.24) is 20.4 Å². The maximum Gasteiger partial charge on any atom is 0.251 e. The minimum Gasteiger partial charge on any atom is -0.349 e. The third-order valence-corrected chi connectivity index (χ3v) is 4.67. The van der Waals surface area contributed by atoms with Crippen LogP contribution in [0.4, 0.5) is 0 Å². The Hall–Kier alpha value is -2.21. The Kier molecular flexibility index (Phi) is 5.48. The molecule has 0 unspecified atom stereocenters. The van der Waals surface area contributed by atoms with E-state index >= 15 is 0 Å². The Morgan fingerprint density at radius 1 is 1.32 bits per heavy atom. The molecule has 1 fully saturated rings. The highest BCUT2D eigenvalue weighted by Crippen LogP contribution is 2.16. The van der Waals surface area contributed by atoms with Crippen molar-refractivity contribution in [2.75, 3.05) is 13.1 Å². The van der Waals surface area contributed by atoms with Gasteiger partial charge in [-0.1, -0.05) is 37.2 Å². The first kappa shape index (κ1) is 17.6. The Balaban J connectivity index is 1.48. The molecule has 0 saturated carbocycles. The fraction of sp³-hybridized carbons (Fsp3) is 0.526. The lowest BCUT2D eigenvalue weighted by Gasteiger charge is -2.31. The van der Waals surface area contributed by atoms with Gasteiger partial charge >= 0.3 is 0 Å². The summed E-state index contributed by atoms with van der Waals surface area (Å²) in [5, 5.41) is 7.17. The number of aryl methyl sites for hydroxylation is 1. The SMILES string of the molecule is Cc1ccccc1C(=O)NC1CCN(Cc2nc(C(C)C)no2)CC1. The molecule has 6 nitrogen and oxygen atoms in total. The molecule has 2 heterocycles. The van der Waals surface area contributed by atoms with Crippen LogP contribution in [0.1, 0.15) is 60.2 Å². The van der Waals surface area contributed by atoms with Crippen LogP contribution < -0.4 is 5.32 Å². The zero-order valence-electron chi connectivity index (χ0n) is 15.2. The minimum atomic E-state index is 0.0232. The number of carbonyl (C=O) groups excluding carboxylic acids is 1. The van der Waals surface area contributed by atoms with E-state index in [1.165, 1.54) is 0 Å². The summed E-state index contributed by atoms with van der Waals surface area (Å²) < 4.78 is 5.32. The molecule has 1 aromatic heterocycles. The van der Waals surface area contributed by atoms with E-state index in [1.807, 2.05) is 31.2 Å². The normalized spacial score (nSPS) is 16.3. The molecule has 0 bridgehead atoms. The highest BCUT2D eigenvalue weighted by atomic mass is 16.5. The predicted octanol–water partition coefficient (Wildman–Crippen LogP) is 2.90. The van der Waals surface area contributed by atoms with Gasteiger partial charge in [0.25, 0.3) is 5.91 Å². The minimum absolute atomic E-state index is 0.0232. The first-order valence-electron chi connectivity index (χ1n) is 8.94. The monoisotopic (exact) mass is 342 g/mol. The molecule has 0 radical (unpaired) electrons. The summed E-state index contributed by atoms with van der Waals surface area (Å²) in [4.78, 5) is 19.1. The molecule has 1 amide bonds. The van der Waals surface area contributed by atoms with Crippen LogP contribution in [-0.4, -0.2) is 40.1 Å². The molecule has 1 aliphatic heterocycles. The number of nitrogens with zero attached hydrogens (tertiary/aromatic N) is 3. The maximum absolute atomic E-state index is 12.4. The molecule has 0 atom stereocenters. The van der Waals surface area contributed by atoms with Crippen LogP contribution in [-0.2, 0) is 6.54 Å². The number of amides is 1. The summed E-state index contributed by atoms with van der Waals surface area (Å²) in [5.41, 5.74) is 1.77. The average Bonchev–Trinajstić information content (AvgIpc) is 3.06. The molecule has 0 aliphatic carbocycles. The maximum atomic E-state index is 12.4. The van der Waals surface area contributed by atoms with Crippen molar-refractivity contribution in [2.24, 2.45) is 0 Å². The lowest BCUT2D eigenvalue weighted by Crippen LogP contribution is -2.44. The van der Waals surface area contributed by atoms with Gasteiger partial charge in [0.2, 0.25) is 5.89 Å². The summed E-state index contributed by atoms with van der Waals surface area (Å²) >= 11 is 0. The molecular weight excluding hydrogens is 316 g/mol. The smallest absolute Gasteiger partial charge is 0.251 e. The van der Waals surface area contributed by atoms with Crippen molar-refractivity contribution < 1.29 is 9.32 Å². The number of benzene rings is 1. The Bertz CT molecular complexity index is 718. The predicted molar refractivity (Wildman–Crippen MR) is 95.3 cm³/mol. The molecule has 1 saturated heterocycles. The molecule has 6 heteroatoms. The zero-order chi connectivity index (χ0) is 17.8. The van der Waals surface area contributed by atoms with E-state index in [2.05, 4.69) is 34.2 Å². The molecule has 1 aliphatic rings. The van der Waals surface area contributed by atoms with E-state index in [9.17, 15) is 4.79 Å². The van der Waals surface area contributed by atoms with E-state index in [0.717, 1.165) is 42.9 Å². The number of carbonyl (C=O) groups is 1. The number of hydrogen-bond donors (Lipinski definition) is 1. The number of hydrogen-bond acceptors (Lipinski definition) is 5. The summed E-state index contributed by atoms with van der Waals surface area (Å²) in [6, 6.07) is 7.92. The Labute approximate surface area is 148 Å². The van der Waals surface area contributed by atoms with E-state index in [-0.39, 0.29) is 17.9 Å². The summed E-state index contributed by atoms with van der Waals surface area (Å²) in [6.45, 7) is 8.58. The summed E-state index contributed by atoms with van der Waals surface area (Å²) in [5.74, 6) is 1.73. The second kappa shape index (κ2) is 7.78. The highest BCUT2D eigenvalue weighted by Gasteiger charge is 2.23. The first-order chi connectivity index (χ1) is 12.0.